The molecule has 9 aromatic rings. The Morgan fingerprint density at radius 2 is 0.990 bits per heavy atom. The quantitative estimate of drug-likeness (QED) is 0.0239. The maximum Gasteiger partial charge on any atom is 0.407 e. The summed E-state index contributed by atoms with van der Waals surface area (Å²) in [6.45, 7) is 9.74. The first-order valence-electron chi connectivity index (χ1n) is 34.4. The highest BCUT2D eigenvalue weighted by Gasteiger charge is 2.48. The Kier molecular flexibility index (Phi) is 23.3. The van der Waals surface area contributed by atoms with E-state index in [0.717, 1.165) is 38.9 Å². The Hall–Kier alpha value is -10.4. The summed E-state index contributed by atoms with van der Waals surface area (Å²) in [6.07, 6.45) is -3.79. The number of carbonyl (C=O) groups excluding carboxylic acids is 7. The van der Waals surface area contributed by atoms with Crippen molar-refractivity contribution < 1.29 is 52.5 Å². The number of esters is 2. The molecule has 3 N–H and O–H groups in total. The standard InChI is InChI=1S/C85H86N4O11S/c1-57(58(2)99-59(3)90)78(81(95)97-54-60-32-14-7-15-33-60)87-79(93)75-52-68(100-83(4,5)6)53-89(75)80(94)61(51-77(92)88-84(62-34-16-8-17-35-62,63-36-18-9-19-37-63)64-38-20-10-21-39-64)50-76(91)74(86-82(96)98-55-73-71-48-30-28-46-69(71)70-47-29-31-49-72(70)73)56-101-85(65-40-22-11-23-41-65,66-42-24-12-25-43-66)67-44-26-13-27-45-67/h7-49,57-58,61,68,73-75,78H,50-56H2,1-6H3,(H,86,96)(H,87,93)(H,88,92)/t57-,58?,61?,68+,74?,75-,78-/m0/s1. The van der Waals surface area contributed by atoms with Crippen LogP contribution in [0.25, 0.3) is 11.1 Å². The highest BCUT2D eigenvalue weighted by molar-refractivity contribution is 8.00. The topological polar surface area (TPSA) is 196 Å². The van der Waals surface area contributed by atoms with Crippen molar-refractivity contribution in [2.24, 2.45) is 11.8 Å². The number of thioether (sulfide) groups is 1. The van der Waals surface area contributed by atoms with Gasteiger partial charge in [0.05, 0.1) is 28.4 Å². The lowest BCUT2D eigenvalue weighted by atomic mass is 9.76. The number of benzene rings is 9. The van der Waals surface area contributed by atoms with Gasteiger partial charge < -0.3 is 39.8 Å². The number of hydrogen-bond donors (Lipinski definition) is 3. The van der Waals surface area contributed by atoms with Crippen LogP contribution in [0.15, 0.2) is 261 Å². The first-order chi connectivity index (χ1) is 48.8. The van der Waals surface area contributed by atoms with Crippen LogP contribution < -0.4 is 16.0 Å². The molecular weight excluding hydrogens is 1290 g/mol. The Morgan fingerprint density at radius 1 is 0.545 bits per heavy atom. The number of nitrogens with one attached hydrogen (secondary N) is 3. The van der Waals surface area contributed by atoms with Crippen LogP contribution in [-0.2, 0) is 64.6 Å². The fourth-order valence-electron chi connectivity index (χ4n) is 14.1. The lowest BCUT2D eigenvalue weighted by molar-refractivity contribution is -0.157. The average molecular weight is 1370 g/mol. The number of amides is 4. The van der Waals surface area contributed by atoms with Gasteiger partial charge in [-0.3, -0.25) is 24.0 Å². The maximum absolute atomic E-state index is 16.5. The van der Waals surface area contributed by atoms with Gasteiger partial charge in [-0.05, 0) is 88.9 Å². The number of ketones is 1. The van der Waals surface area contributed by atoms with Crippen LogP contribution in [0.3, 0.4) is 0 Å². The molecule has 1 fully saturated rings. The molecule has 1 heterocycles. The second-order valence-electron chi connectivity index (χ2n) is 26.9. The minimum Gasteiger partial charge on any atom is -0.462 e. The number of alkyl carbamates (subject to hydrolysis) is 1. The van der Waals surface area contributed by atoms with E-state index in [0.29, 0.717) is 22.3 Å². The number of carbonyl (C=O) groups is 7. The SMILES string of the molecule is CC(=O)OC(C)[C@H](C)[C@H](NC(=O)[C@@H]1C[C@@H](OC(C)(C)C)CN1C(=O)C(CC(=O)NC(c1ccccc1)(c1ccccc1)c1ccccc1)CC(=O)C(CSC(c1ccccc1)(c1ccccc1)c1ccccc1)NC(=O)OCC1c2ccccc2-c2ccccc21)C(=O)OCc1ccccc1. The molecule has 1 aliphatic heterocycles. The van der Waals surface area contributed by atoms with Crippen LogP contribution >= 0.6 is 11.8 Å². The minimum atomic E-state index is -1.51. The van der Waals surface area contributed by atoms with Crippen LogP contribution in [0.2, 0.25) is 0 Å². The molecule has 0 saturated carbocycles. The van der Waals surface area contributed by atoms with Gasteiger partial charge in [0.15, 0.2) is 5.78 Å². The normalized spacial score (nSPS) is 15.8. The van der Waals surface area contributed by atoms with Crippen molar-refractivity contribution in [1.82, 2.24) is 20.9 Å². The number of Topliss-reactive ketones (excluding diaryl/α,β-unsaturated/α-hetero) is 1. The van der Waals surface area contributed by atoms with Crippen molar-refractivity contribution >= 4 is 53.3 Å². The Bertz CT molecular complexity index is 4060. The van der Waals surface area contributed by atoms with E-state index in [1.54, 1.807) is 38.1 Å². The Labute approximate surface area is 595 Å². The van der Waals surface area contributed by atoms with Crippen LogP contribution in [0.4, 0.5) is 4.79 Å². The maximum atomic E-state index is 16.5. The molecule has 518 valence electrons. The number of rotatable bonds is 28. The van der Waals surface area contributed by atoms with Crippen molar-refractivity contribution in [2.75, 3.05) is 18.9 Å². The number of fused-ring (bicyclic) bond motifs is 3. The summed E-state index contributed by atoms with van der Waals surface area (Å²) in [5, 5.41) is 9.34. The highest BCUT2D eigenvalue weighted by atomic mass is 32.2. The number of hydrogen-bond acceptors (Lipinski definition) is 12. The molecular formula is C85H86N4O11S. The van der Waals surface area contributed by atoms with Crippen LogP contribution in [0.5, 0.6) is 0 Å². The first-order valence-corrected chi connectivity index (χ1v) is 35.4. The molecule has 1 saturated heterocycles. The van der Waals surface area contributed by atoms with Crippen LogP contribution in [0, 0.1) is 11.8 Å². The summed E-state index contributed by atoms with van der Waals surface area (Å²) in [5.74, 6) is -6.87. The molecule has 0 aromatic heterocycles. The number of nitrogens with zero attached hydrogens (tertiary/aromatic N) is 1. The summed E-state index contributed by atoms with van der Waals surface area (Å²) in [4.78, 5) is 107. The zero-order valence-corrected chi connectivity index (χ0v) is 58.6. The zero-order valence-electron chi connectivity index (χ0n) is 57.7. The van der Waals surface area contributed by atoms with E-state index in [1.807, 2.05) is 257 Å². The summed E-state index contributed by atoms with van der Waals surface area (Å²) < 4.78 is 23.3. The third-order valence-corrected chi connectivity index (χ3v) is 20.6. The summed E-state index contributed by atoms with van der Waals surface area (Å²) in [6, 6.07) is 79.2. The highest BCUT2D eigenvalue weighted by Crippen LogP contribution is 2.49. The van der Waals surface area contributed by atoms with Crippen molar-refractivity contribution in [3.8, 4) is 11.1 Å². The third kappa shape index (κ3) is 16.9. The van der Waals surface area contributed by atoms with E-state index >= 15 is 19.2 Å². The summed E-state index contributed by atoms with van der Waals surface area (Å²) in [5.41, 5.74) is 7.42. The molecule has 0 radical (unpaired) electrons. The van der Waals surface area contributed by atoms with Gasteiger partial charge in [0.25, 0.3) is 0 Å². The van der Waals surface area contributed by atoms with E-state index < -0.39 is 112 Å². The molecule has 2 aliphatic rings. The van der Waals surface area contributed by atoms with Gasteiger partial charge in [-0.15, -0.1) is 11.8 Å². The lowest BCUT2D eigenvalue weighted by Gasteiger charge is -2.37. The molecule has 4 amide bonds. The largest absolute Gasteiger partial charge is 0.462 e. The van der Waals surface area contributed by atoms with Gasteiger partial charge in [-0.25, -0.2) is 9.59 Å². The summed E-state index contributed by atoms with van der Waals surface area (Å²) >= 11 is 1.43. The van der Waals surface area contributed by atoms with Gasteiger partial charge in [0.1, 0.15) is 36.9 Å². The Balaban J connectivity index is 0.998. The van der Waals surface area contributed by atoms with E-state index in [-0.39, 0.29) is 37.9 Å². The molecule has 11 rings (SSSR count). The number of likely N-dealkylation sites (tertiary alicyclic amines) is 1. The lowest BCUT2D eigenvalue weighted by Crippen LogP contribution is -2.56. The molecule has 0 spiro atoms. The predicted molar refractivity (Wildman–Crippen MR) is 392 cm³/mol. The monoisotopic (exact) mass is 1370 g/mol. The first kappa shape index (κ1) is 71.9. The summed E-state index contributed by atoms with van der Waals surface area (Å²) in [7, 11) is 0. The molecule has 7 atom stereocenters. The molecule has 0 bridgehead atoms. The molecule has 9 aromatic carbocycles. The van der Waals surface area contributed by atoms with Gasteiger partial charge in [-0.2, -0.15) is 0 Å². The van der Waals surface area contributed by atoms with E-state index in [4.69, 9.17) is 18.9 Å². The van der Waals surface area contributed by atoms with E-state index in [2.05, 4.69) is 16.0 Å². The van der Waals surface area contributed by atoms with Crippen molar-refractivity contribution in [3.05, 3.63) is 311 Å². The van der Waals surface area contributed by atoms with Crippen LogP contribution in [0.1, 0.15) is 117 Å². The fourth-order valence-corrected chi connectivity index (χ4v) is 15.7. The molecule has 101 heavy (non-hydrogen) atoms. The molecule has 16 heteroatoms. The second kappa shape index (κ2) is 32.7. The van der Waals surface area contributed by atoms with E-state index in [1.165, 1.54) is 23.6 Å². The van der Waals surface area contributed by atoms with Crippen LogP contribution in [-0.4, -0.2) is 101 Å². The zero-order chi connectivity index (χ0) is 71.1. The smallest absolute Gasteiger partial charge is 0.407 e. The van der Waals surface area contributed by atoms with Crippen molar-refractivity contribution in [1.29, 1.82) is 0 Å². The van der Waals surface area contributed by atoms with Gasteiger partial charge in [0, 0.05) is 50.3 Å². The minimum absolute atomic E-state index is 0.0519. The van der Waals surface area contributed by atoms with Gasteiger partial charge >= 0.3 is 18.0 Å². The van der Waals surface area contributed by atoms with Gasteiger partial charge in [-0.1, -0.05) is 268 Å². The van der Waals surface area contributed by atoms with Crippen molar-refractivity contribution in [2.45, 2.75) is 120 Å². The van der Waals surface area contributed by atoms with Gasteiger partial charge in [0.2, 0.25) is 17.7 Å². The fraction of sp³-hybridized carbons (Fsp3) is 0.282. The average Bonchev–Trinajstić information content (AvgIpc) is 1.44. The predicted octanol–water partition coefficient (Wildman–Crippen LogP) is 14.3. The molecule has 3 unspecified atom stereocenters. The van der Waals surface area contributed by atoms with E-state index in [9.17, 15) is 14.4 Å². The third-order valence-electron chi connectivity index (χ3n) is 19.0. The Morgan fingerprint density at radius 3 is 1.46 bits per heavy atom. The number of ether oxygens (including phenoxy) is 4. The van der Waals surface area contributed by atoms with Crippen molar-refractivity contribution in [3.63, 3.8) is 0 Å². The molecule has 15 nitrogen and oxygen atoms in total. The molecule has 1 aliphatic carbocycles. The second-order valence-corrected chi connectivity index (χ2v) is 28.2.